The van der Waals surface area contributed by atoms with Crippen LogP contribution in [0.2, 0.25) is 0 Å². The largest absolute Gasteiger partial charge is 0.483 e. The second-order valence-electron chi connectivity index (χ2n) is 3.95. The van der Waals surface area contributed by atoms with Crippen molar-refractivity contribution in [1.82, 2.24) is 4.90 Å². The molecule has 1 amide bonds. The van der Waals surface area contributed by atoms with E-state index < -0.39 is 5.97 Å². The Bertz CT molecular complexity index is 456. The quantitative estimate of drug-likeness (QED) is 0.862. The fourth-order valence-corrected chi connectivity index (χ4v) is 1.43. The van der Waals surface area contributed by atoms with Crippen molar-refractivity contribution in [2.24, 2.45) is 0 Å². The molecule has 0 aliphatic heterocycles. The number of carbonyl (C=O) groups excluding carboxylic acids is 1. The van der Waals surface area contributed by atoms with Gasteiger partial charge in [-0.3, -0.25) is 4.79 Å². The zero-order chi connectivity index (χ0) is 13.7. The number of likely N-dealkylation sites (N-methyl/N-ethyl adjacent to an activating group) is 1. The number of carbonyl (C=O) groups is 2. The third-order valence-electron chi connectivity index (χ3n) is 2.68. The minimum atomic E-state index is -1.06. The summed E-state index contributed by atoms with van der Waals surface area (Å²) in [5.41, 5.74) is 0.767. The van der Waals surface area contributed by atoms with E-state index in [1.165, 1.54) is 11.0 Å². The average Bonchev–Trinajstić information content (AvgIpc) is 2.35. The van der Waals surface area contributed by atoms with Gasteiger partial charge in [0.05, 0.1) is 0 Å². The second kappa shape index (κ2) is 6.05. The summed E-state index contributed by atoms with van der Waals surface area (Å²) >= 11 is 0. The average molecular weight is 251 g/mol. The van der Waals surface area contributed by atoms with Crippen molar-refractivity contribution in [3.8, 4) is 5.75 Å². The van der Waals surface area contributed by atoms with Crippen LogP contribution in [0.4, 0.5) is 0 Å². The van der Waals surface area contributed by atoms with Gasteiger partial charge in [0.25, 0.3) is 5.91 Å². The van der Waals surface area contributed by atoms with Gasteiger partial charge in [0.1, 0.15) is 11.3 Å². The lowest BCUT2D eigenvalue weighted by Gasteiger charge is -2.16. The lowest BCUT2D eigenvalue weighted by molar-refractivity contribution is -0.131. The SMILES string of the molecule is CCN(C)C(=O)COc1c(C)cccc1C(=O)O. The highest BCUT2D eigenvalue weighted by molar-refractivity contribution is 5.91. The topological polar surface area (TPSA) is 66.8 Å². The summed E-state index contributed by atoms with van der Waals surface area (Å²) in [6.45, 7) is 4.03. The van der Waals surface area contributed by atoms with Crippen molar-refractivity contribution >= 4 is 11.9 Å². The smallest absolute Gasteiger partial charge is 0.339 e. The molecule has 0 unspecified atom stereocenters. The first-order chi connectivity index (χ1) is 8.47. The first kappa shape index (κ1) is 14.0. The maximum atomic E-state index is 11.6. The number of amides is 1. The van der Waals surface area contributed by atoms with Crippen LogP contribution in [0.5, 0.6) is 5.75 Å². The lowest BCUT2D eigenvalue weighted by Crippen LogP contribution is -2.31. The van der Waals surface area contributed by atoms with Crippen LogP contribution in [0.25, 0.3) is 0 Å². The van der Waals surface area contributed by atoms with Gasteiger partial charge in [0.15, 0.2) is 6.61 Å². The van der Waals surface area contributed by atoms with E-state index in [2.05, 4.69) is 0 Å². The van der Waals surface area contributed by atoms with Crippen LogP contribution in [-0.4, -0.2) is 42.1 Å². The monoisotopic (exact) mass is 251 g/mol. The van der Waals surface area contributed by atoms with Gasteiger partial charge in [-0.25, -0.2) is 4.79 Å². The maximum Gasteiger partial charge on any atom is 0.339 e. The molecule has 0 bridgehead atoms. The number of nitrogens with zero attached hydrogens (tertiary/aromatic N) is 1. The zero-order valence-corrected chi connectivity index (χ0v) is 10.8. The van der Waals surface area contributed by atoms with Crippen LogP contribution in [0.3, 0.4) is 0 Å². The third kappa shape index (κ3) is 3.23. The lowest BCUT2D eigenvalue weighted by atomic mass is 10.1. The fraction of sp³-hybridized carbons (Fsp3) is 0.385. The highest BCUT2D eigenvalue weighted by Crippen LogP contribution is 2.23. The molecule has 0 saturated heterocycles. The number of aromatic carboxylic acids is 1. The standard InChI is InChI=1S/C13H17NO4/c1-4-14(3)11(15)8-18-12-9(2)6-5-7-10(12)13(16)17/h5-7H,4,8H2,1-3H3,(H,16,17). The molecule has 0 aromatic heterocycles. The van der Waals surface area contributed by atoms with Gasteiger partial charge in [0, 0.05) is 13.6 Å². The summed E-state index contributed by atoms with van der Waals surface area (Å²) < 4.78 is 5.34. The van der Waals surface area contributed by atoms with Gasteiger partial charge in [-0.1, -0.05) is 12.1 Å². The molecule has 5 nitrogen and oxygen atoms in total. The molecule has 0 atom stereocenters. The second-order valence-corrected chi connectivity index (χ2v) is 3.95. The number of para-hydroxylation sites is 1. The summed E-state index contributed by atoms with van der Waals surface area (Å²) in [6.07, 6.45) is 0. The number of benzene rings is 1. The van der Waals surface area contributed by atoms with Crippen LogP contribution < -0.4 is 4.74 Å². The number of hydrogen-bond acceptors (Lipinski definition) is 3. The van der Waals surface area contributed by atoms with Gasteiger partial charge in [-0.15, -0.1) is 0 Å². The van der Waals surface area contributed by atoms with E-state index in [1.54, 1.807) is 26.1 Å². The Morgan fingerprint density at radius 2 is 2.06 bits per heavy atom. The number of rotatable bonds is 5. The summed E-state index contributed by atoms with van der Waals surface area (Å²) in [5, 5.41) is 9.04. The molecule has 0 heterocycles. The number of aryl methyl sites for hydroxylation is 1. The Morgan fingerprint density at radius 3 is 2.61 bits per heavy atom. The Morgan fingerprint density at radius 1 is 1.39 bits per heavy atom. The summed E-state index contributed by atoms with van der Waals surface area (Å²) in [7, 11) is 1.67. The number of ether oxygens (including phenoxy) is 1. The van der Waals surface area contributed by atoms with Crippen molar-refractivity contribution in [1.29, 1.82) is 0 Å². The van der Waals surface area contributed by atoms with E-state index in [-0.39, 0.29) is 23.8 Å². The van der Waals surface area contributed by atoms with Crippen molar-refractivity contribution < 1.29 is 19.4 Å². The molecule has 0 saturated carbocycles. The molecule has 0 spiro atoms. The molecule has 1 rings (SSSR count). The van der Waals surface area contributed by atoms with E-state index in [9.17, 15) is 9.59 Å². The van der Waals surface area contributed by atoms with Crippen LogP contribution in [-0.2, 0) is 4.79 Å². The Balaban J connectivity index is 2.84. The molecule has 0 aliphatic carbocycles. The van der Waals surface area contributed by atoms with Gasteiger partial charge >= 0.3 is 5.97 Å². The van der Waals surface area contributed by atoms with Crippen molar-refractivity contribution in [3.63, 3.8) is 0 Å². The molecule has 5 heteroatoms. The number of carboxylic acids is 1. The first-order valence-electron chi connectivity index (χ1n) is 5.67. The van der Waals surface area contributed by atoms with Crippen LogP contribution in [0.15, 0.2) is 18.2 Å². The molecule has 0 fully saturated rings. The van der Waals surface area contributed by atoms with Gasteiger partial charge in [-0.05, 0) is 25.5 Å². The van der Waals surface area contributed by atoms with E-state index >= 15 is 0 Å². The Kier molecular flexibility index (Phi) is 4.71. The van der Waals surface area contributed by atoms with Gasteiger partial charge in [0.2, 0.25) is 0 Å². The molecule has 1 N–H and O–H groups in total. The number of carboxylic acid groups (broad SMARTS) is 1. The Labute approximate surface area is 106 Å². The number of hydrogen-bond donors (Lipinski definition) is 1. The third-order valence-corrected chi connectivity index (χ3v) is 2.68. The molecule has 1 aromatic carbocycles. The van der Waals surface area contributed by atoms with Crippen LogP contribution in [0, 0.1) is 6.92 Å². The normalized spacial score (nSPS) is 9.94. The fourth-order valence-electron chi connectivity index (χ4n) is 1.43. The van der Waals surface area contributed by atoms with Gasteiger partial charge < -0.3 is 14.7 Å². The molecule has 0 radical (unpaired) electrons. The highest BCUT2D eigenvalue weighted by atomic mass is 16.5. The highest BCUT2D eigenvalue weighted by Gasteiger charge is 2.15. The minimum absolute atomic E-state index is 0.0713. The van der Waals surface area contributed by atoms with E-state index in [0.29, 0.717) is 12.1 Å². The Hall–Kier alpha value is -2.04. The van der Waals surface area contributed by atoms with E-state index in [0.717, 1.165) is 0 Å². The first-order valence-corrected chi connectivity index (χ1v) is 5.67. The zero-order valence-electron chi connectivity index (χ0n) is 10.8. The summed E-state index contributed by atoms with van der Waals surface area (Å²) in [6, 6.07) is 4.85. The predicted octanol–water partition coefficient (Wildman–Crippen LogP) is 1.55. The molecule has 0 aliphatic rings. The molecule has 1 aromatic rings. The van der Waals surface area contributed by atoms with Crippen LogP contribution >= 0.6 is 0 Å². The minimum Gasteiger partial charge on any atom is -0.483 e. The molecule has 18 heavy (non-hydrogen) atoms. The van der Waals surface area contributed by atoms with Crippen LogP contribution in [0.1, 0.15) is 22.8 Å². The predicted molar refractivity (Wildman–Crippen MR) is 66.9 cm³/mol. The van der Waals surface area contributed by atoms with E-state index in [4.69, 9.17) is 9.84 Å². The van der Waals surface area contributed by atoms with Crippen molar-refractivity contribution in [3.05, 3.63) is 29.3 Å². The van der Waals surface area contributed by atoms with Gasteiger partial charge in [-0.2, -0.15) is 0 Å². The van der Waals surface area contributed by atoms with Crippen molar-refractivity contribution in [2.45, 2.75) is 13.8 Å². The molecular formula is C13H17NO4. The summed E-state index contributed by atoms with van der Waals surface area (Å²) in [5.74, 6) is -0.995. The maximum absolute atomic E-state index is 11.6. The van der Waals surface area contributed by atoms with E-state index in [1.807, 2.05) is 6.92 Å². The summed E-state index contributed by atoms with van der Waals surface area (Å²) in [4.78, 5) is 24.1. The molecular weight excluding hydrogens is 234 g/mol. The molecule has 98 valence electrons. The van der Waals surface area contributed by atoms with Crippen molar-refractivity contribution in [2.75, 3.05) is 20.2 Å².